The van der Waals surface area contributed by atoms with Crippen LogP contribution in [0, 0.1) is 12.3 Å². The Morgan fingerprint density at radius 1 is 1.54 bits per heavy atom. The quantitative estimate of drug-likeness (QED) is 0.543. The van der Waals surface area contributed by atoms with Crippen LogP contribution in [-0.2, 0) is 11.3 Å². The summed E-state index contributed by atoms with van der Waals surface area (Å²) < 4.78 is 5.02. The summed E-state index contributed by atoms with van der Waals surface area (Å²) in [6, 6.07) is 5.68. The van der Waals surface area contributed by atoms with Crippen molar-refractivity contribution in [1.29, 1.82) is 5.41 Å². The molecule has 13 heavy (non-hydrogen) atoms. The zero-order valence-electron chi connectivity index (χ0n) is 7.92. The lowest BCUT2D eigenvalue weighted by Gasteiger charge is -2.06. The van der Waals surface area contributed by atoms with Crippen LogP contribution in [0.2, 0.25) is 0 Å². The molecule has 0 aliphatic rings. The van der Waals surface area contributed by atoms with Gasteiger partial charge in [-0.15, -0.1) is 0 Å². The lowest BCUT2D eigenvalue weighted by atomic mass is 10.1. The van der Waals surface area contributed by atoms with E-state index in [1.165, 1.54) is 0 Å². The molecule has 1 aromatic rings. The fourth-order valence-corrected chi connectivity index (χ4v) is 1.18. The number of hydrogen-bond donors (Lipinski definition) is 2. The SMILES string of the molecule is COCc1ccc(C(=N)N)cc1C. The van der Waals surface area contributed by atoms with Gasteiger partial charge in [-0.25, -0.2) is 0 Å². The van der Waals surface area contributed by atoms with E-state index >= 15 is 0 Å². The molecular formula is C10H14N2O. The van der Waals surface area contributed by atoms with E-state index in [2.05, 4.69) is 0 Å². The smallest absolute Gasteiger partial charge is 0.122 e. The zero-order chi connectivity index (χ0) is 9.84. The number of rotatable bonds is 3. The second kappa shape index (κ2) is 4.05. The normalized spacial score (nSPS) is 10.0. The van der Waals surface area contributed by atoms with Gasteiger partial charge in [0.1, 0.15) is 5.84 Å². The van der Waals surface area contributed by atoms with Gasteiger partial charge in [0.25, 0.3) is 0 Å². The van der Waals surface area contributed by atoms with E-state index in [1.54, 1.807) is 7.11 Å². The molecule has 70 valence electrons. The van der Waals surface area contributed by atoms with Gasteiger partial charge in [0, 0.05) is 12.7 Å². The summed E-state index contributed by atoms with van der Waals surface area (Å²) in [4.78, 5) is 0. The van der Waals surface area contributed by atoms with Gasteiger partial charge in [-0.05, 0) is 24.1 Å². The third-order valence-electron chi connectivity index (χ3n) is 1.95. The molecule has 0 aliphatic heterocycles. The Bertz CT molecular complexity index is 321. The van der Waals surface area contributed by atoms with E-state index in [1.807, 2.05) is 25.1 Å². The average molecular weight is 178 g/mol. The molecule has 3 nitrogen and oxygen atoms in total. The number of hydrogen-bond acceptors (Lipinski definition) is 2. The Morgan fingerprint density at radius 3 is 2.69 bits per heavy atom. The van der Waals surface area contributed by atoms with Crippen LogP contribution in [0.4, 0.5) is 0 Å². The number of aryl methyl sites for hydroxylation is 1. The highest BCUT2D eigenvalue weighted by atomic mass is 16.5. The molecule has 0 aromatic heterocycles. The van der Waals surface area contributed by atoms with Gasteiger partial charge in [-0.3, -0.25) is 5.41 Å². The summed E-state index contributed by atoms with van der Waals surface area (Å²) >= 11 is 0. The Kier molecular flexibility index (Phi) is 3.03. The molecular weight excluding hydrogens is 164 g/mol. The Morgan fingerprint density at radius 2 is 2.23 bits per heavy atom. The Balaban J connectivity index is 2.98. The number of amidine groups is 1. The summed E-state index contributed by atoms with van der Waals surface area (Å²) in [6.07, 6.45) is 0. The molecule has 0 heterocycles. The molecule has 0 fully saturated rings. The van der Waals surface area contributed by atoms with Gasteiger partial charge in [-0.1, -0.05) is 12.1 Å². The molecule has 0 bridgehead atoms. The maximum atomic E-state index is 7.25. The molecule has 1 rings (SSSR count). The summed E-state index contributed by atoms with van der Waals surface area (Å²) in [5, 5.41) is 7.25. The number of nitrogen functional groups attached to an aromatic ring is 1. The van der Waals surface area contributed by atoms with Crippen LogP contribution < -0.4 is 5.73 Å². The van der Waals surface area contributed by atoms with Crippen LogP contribution in [0.25, 0.3) is 0 Å². The number of nitrogens with one attached hydrogen (secondary N) is 1. The lowest BCUT2D eigenvalue weighted by molar-refractivity contribution is 0.184. The maximum Gasteiger partial charge on any atom is 0.122 e. The molecule has 0 unspecified atom stereocenters. The highest BCUT2D eigenvalue weighted by Crippen LogP contribution is 2.11. The van der Waals surface area contributed by atoms with Crippen molar-refractivity contribution in [1.82, 2.24) is 0 Å². The van der Waals surface area contributed by atoms with Crippen LogP contribution >= 0.6 is 0 Å². The van der Waals surface area contributed by atoms with Crippen LogP contribution in [0.15, 0.2) is 18.2 Å². The average Bonchev–Trinajstić information content (AvgIpc) is 2.08. The fourth-order valence-electron chi connectivity index (χ4n) is 1.18. The van der Waals surface area contributed by atoms with Crippen molar-refractivity contribution in [2.45, 2.75) is 13.5 Å². The molecule has 0 aliphatic carbocycles. The standard InChI is InChI=1S/C10H14N2O/c1-7-5-8(10(11)12)3-4-9(7)6-13-2/h3-5H,6H2,1-2H3,(H3,11,12). The molecule has 3 heteroatoms. The number of ether oxygens (including phenoxy) is 1. The van der Waals surface area contributed by atoms with Crippen molar-refractivity contribution in [2.24, 2.45) is 5.73 Å². The number of methoxy groups -OCH3 is 1. The van der Waals surface area contributed by atoms with Gasteiger partial charge in [0.15, 0.2) is 0 Å². The minimum atomic E-state index is 0.104. The van der Waals surface area contributed by atoms with Crippen molar-refractivity contribution < 1.29 is 4.74 Å². The number of nitrogens with two attached hydrogens (primary N) is 1. The molecule has 0 saturated carbocycles. The first-order valence-corrected chi connectivity index (χ1v) is 4.08. The van der Waals surface area contributed by atoms with E-state index in [0.717, 1.165) is 16.7 Å². The van der Waals surface area contributed by atoms with Crippen LogP contribution in [0.1, 0.15) is 16.7 Å². The first kappa shape index (κ1) is 9.74. The van der Waals surface area contributed by atoms with E-state index in [4.69, 9.17) is 15.9 Å². The Hall–Kier alpha value is -1.35. The molecule has 0 radical (unpaired) electrons. The van der Waals surface area contributed by atoms with Crippen LogP contribution in [0.3, 0.4) is 0 Å². The van der Waals surface area contributed by atoms with Crippen molar-refractivity contribution >= 4 is 5.84 Å². The van der Waals surface area contributed by atoms with Gasteiger partial charge < -0.3 is 10.5 Å². The largest absolute Gasteiger partial charge is 0.384 e. The summed E-state index contributed by atoms with van der Waals surface area (Å²) in [7, 11) is 1.67. The second-order valence-corrected chi connectivity index (χ2v) is 2.99. The summed E-state index contributed by atoms with van der Waals surface area (Å²) in [5.41, 5.74) is 8.36. The molecule has 0 atom stereocenters. The topological polar surface area (TPSA) is 59.1 Å². The third kappa shape index (κ3) is 2.29. The first-order valence-electron chi connectivity index (χ1n) is 4.08. The van der Waals surface area contributed by atoms with Crippen LogP contribution in [-0.4, -0.2) is 12.9 Å². The number of benzene rings is 1. The maximum absolute atomic E-state index is 7.25. The summed E-state index contributed by atoms with van der Waals surface area (Å²) in [5.74, 6) is 0.104. The van der Waals surface area contributed by atoms with Crippen LogP contribution in [0.5, 0.6) is 0 Å². The Labute approximate surface area is 78.0 Å². The van der Waals surface area contributed by atoms with E-state index in [-0.39, 0.29) is 5.84 Å². The van der Waals surface area contributed by atoms with E-state index in [0.29, 0.717) is 6.61 Å². The zero-order valence-corrected chi connectivity index (χ0v) is 7.92. The first-order chi connectivity index (χ1) is 6.15. The monoisotopic (exact) mass is 178 g/mol. The fraction of sp³-hybridized carbons (Fsp3) is 0.300. The predicted octanol–water partition coefficient (Wildman–Crippen LogP) is 1.43. The highest BCUT2D eigenvalue weighted by molar-refractivity contribution is 5.95. The highest BCUT2D eigenvalue weighted by Gasteiger charge is 2.01. The molecule has 0 spiro atoms. The van der Waals surface area contributed by atoms with Crippen molar-refractivity contribution in [2.75, 3.05) is 7.11 Å². The minimum Gasteiger partial charge on any atom is -0.384 e. The van der Waals surface area contributed by atoms with Gasteiger partial charge in [0.2, 0.25) is 0 Å². The van der Waals surface area contributed by atoms with Gasteiger partial charge >= 0.3 is 0 Å². The lowest BCUT2D eigenvalue weighted by Crippen LogP contribution is -2.11. The second-order valence-electron chi connectivity index (χ2n) is 2.99. The minimum absolute atomic E-state index is 0.104. The van der Waals surface area contributed by atoms with Gasteiger partial charge in [-0.2, -0.15) is 0 Å². The van der Waals surface area contributed by atoms with Crippen molar-refractivity contribution in [3.63, 3.8) is 0 Å². The molecule has 1 aromatic carbocycles. The third-order valence-corrected chi connectivity index (χ3v) is 1.95. The molecule has 0 saturated heterocycles. The van der Waals surface area contributed by atoms with E-state index in [9.17, 15) is 0 Å². The predicted molar refractivity (Wildman–Crippen MR) is 52.9 cm³/mol. The molecule has 0 amide bonds. The van der Waals surface area contributed by atoms with E-state index < -0.39 is 0 Å². The molecule has 3 N–H and O–H groups in total. The van der Waals surface area contributed by atoms with Crippen molar-refractivity contribution in [3.8, 4) is 0 Å². The summed E-state index contributed by atoms with van der Waals surface area (Å²) in [6.45, 7) is 2.59. The van der Waals surface area contributed by atoms with Gasteiger partial charge in [0.05, 0.1) is 6.61 Å². The van der Waals surface area contributed by atoms with Crippen molar-refractivity contribution in [3.05, 3.63) is 34.9 Å².